The van der Waals surface area contributed by atoms with E-state index >= 15 is 0 Å². The van der Waals surface area contributed by atoms with Crippen LogP contribution in [0.15, 0.2) is 33.7 Å². The third-order valence-electron chi connectivity index (χ3n) is 4.64. The third kappa shape index (κ3) is 4.58. The van der Waals surface area contributed by atoms with Gasteiger partial charge in [0.2, 0.25) is 5.89 Å². The van der Waals surface area contributed by atoms with Crippen LogP contribution >= 0.6 is 24.2 Å². The number of hydrogen-bond acceptors (Lipinski definition) is 6. The molecule has 2 heterocycles. The first kappa shape index (κ1) is 20.7. The van der Waals surface area contributed by atoms with Gasteiger partial charge in [0.05, 0.1) is 11.3 Å². The predicted molar refractivity (Wildman–Crippen MR) is 105 cm³/mol. The van der Waals surface area contributed by atoms with Crippen molar-refractivity contribution in [3.63, 3.8) is 0 Å². The van der Waals surface area contributed by atoms with Gasteiger partial charge < -0.3 is 15.2 Å². The van der Waals surface area contributed by atoms with E-state index in [2.05, 4.69) is 24.0 Å². The van der Waals surface area contributed by atoms with Crippen LogP contribution in [0.3, 0.4) is 0 Å². The van der Waals surface area contributed by atoms with Crippen LogP contribution in [0.4, 0.5) is 0 Å². The van der Waals surface area contributed by atoms with Crippen molar-refractivity contribution in [2.75, 3.05) is 13.1 Å². The minimum absolute atomic E-state index is 0. The fraction of sp³-hybridized carbons (Fsp3) is 0.500. The highest BCUT2D eigenvalue weighted by atomic mass is 35.5. The van der Waals surface area contributed by atoms with Crippen LogP contribution in [0.5, 0.6) is 0 Å². The zero-order chi connectivity index (χ0) is 18.0. The minimum atomic E-state index is -0.0721. The van der Waals surface area contributed by atoms with E-state index in [4.69, 9.17) is 10.3 Å². The lowest BCUT2D eigenvalue weighted by atomic mass is 9.79. The molecular weight excluding hydrogens is 372 g/mol. The first-order valence-electron chi connectivity index (χ1n) is 8.43. The number of aromatic nitrogens is 2. The van der Waals surface area contributed by atoms with Gasteiger partial charge in [-0.2, -0.15) is 4.98 Å². The Balaban J connectivity index is 0.00000243. The number of hydrogen-bond donors (Lipinski definition) is 1. The Morgan fingerprint density at radius 1 is 1.42 bits per heavy atom. The Bertz CT molecular complexity index is 765. The van der Waals surface area contributed by atoms with E-state index in [1.54, 1.807) is 6.92 Å². The van der Waals surface area contributed by atoms with Crippen LogP contribution in [0.1, 0.15) is 42.3 Å². The molecule has 8 heteroatoms. The molecule has 1 amide bonds. The molecule has 26 heavy (non-hydrogen) atoms. The lowest BCUT2D eigenvalue weighted by Gasteiger charge is -2.42. The van der Waals surface area contributed by atoms with Gasteiger partial charge in [0.25, 0.3) is 5.91 Å². The quantitative estimate of drug-likeness (QED) is 0.798. The number of benzene rings is 1. The summed E-state index contributed by atoms with van der Waals surface area (Å²) in [5.74, 6) is 1.79. The van der Waals surface area contributed by atoms with E-state index in [0.717, 1.165) is 16.9 Å². The van der Waals surface area contributed by atoms with Crippen LogP contribution in [0, 0.1) is 12.3 Å². The molecule has 1 unspecified atom stereocenters. The Hall–Kier alpha value is -1.57. The van der Waals surface area contributed by atoms with Gasteiger partial charge >= 0.3 is 0 Å². The van der Waals surface area contributed by atoms with Crippen molar-refractivity contribution in [2.45, 2.75) is 43.9 Å². The summed E-state index contributed by atoms with van der Waals surface area (Å²) in [4.78, 5) is 20.1. The molecule has 0 bridgehead atoms. The summed E-state index contributed by atoms with van der Waals surface area (Å²) in [6.45, 7) is 7.41. The maximum Gasteiger partial charge on any atom is 0.255 e. The summed E-state index contributed by atoms with van der Waals surface area (Å²) in [5.41, 5.74) is 6.84. The normalized spacial score (nSPS) is 19.1. The molecule has 1 aliphatic heterocycles. The zero-order valence-corrected chi connectivity index (χ0v) is 16.9. The van der Waals surface area contributed by atoms with Crippen molar-refractivity contribution >= 4 is 30.1 Å². The second-order valence-electron chi connectivity index (χ2n) is 7.13. The summed E-state index contributed by atoms with van der Waals surface area (Å²) in [5, 5.41) is 3.80. The number of carbonyl (C=O) groups is 1. The molecule has 1 aromatic carbocycles. The number of halogens is 1. The molecule has 1 saturated heterocycles. The molecule has 1 atom stereocenters. The van der Waals surface area contributed by atoms with E-state index < -0.39 is 0 Å². The lowest BCUT2D eigenvalue weighted by Crippen LogP contribution is -2.54. The Morgan fingerprint density at radius 2 is 2.15 bits per heavy atom. The Labute approximate surface area is 164 Å². The summed E-state index contributed by atoms with van der Waals surface area (Å²) < 4.78 is 5.15. The first-order chi connectivity index (χ1) is 11.9. The summed E-state index contributed by atoms with van der Waals surface area (Å²) in [7, 11) is 0. The van der Waals surface area contributed by atoms with Crippen molar-refractivity contribution in [3.05, 3.63) is 41.5 Å². The minimum Gasteiger partial charge on any atom is -0.338 e. The van der Waals surface area contributed by atoms with E-state index in [-0.39, 0.29) is 29.8 Å². The molecule has 0 saturated carbocycles. The van der Waals surface area contributed by atoms with E-state index in [0.29, 0.717) is 30.6 Å². The molecule has 6 nitrogen and oxygen atoms in total. The molecule has 1 aromatic heterocycles. The largest absolute Gasteiger partial charge is 0.338 e. The number of thioether (sulfide) groups is 1. The second-order valence-corrected chi connectivity index (χ2v) is 8.15. The van der Waals surface area contributed by atoms with Gasteiger partial charge in [-0.3, -0.25) is 4.79 Å². The number of piperidine rings is 1. The summed E-state index contributed by atoms with van der Waals surface area (Å²) in [6.07, 6.45) is 0.829. The van der Waals surface area contributed by atoms with Crippen molar-refractivity contribution in [1.29, 1.82) is 0 Å². The highest BCUT2D eigenvalue weighted by molar-refractivity contribution is 7.98. The van der Waals surface area contributed by atoms with Gasteiger partial charge in [-0.05, 0) is 30.9 Å². The van der Waals surface area contributed by atoms with Gasteiger partial charge in [-0.1, -0.05) is 31.1 Å². The maximum absolute atomic E-state index is 13.1. The van der Waals surface area contributed by atoms with Gasteiger partial charge in [-0.15, -0.1) is 24.2 Å². The average Bonchev–Trinajstić information content (AvgIpc) is 3.00. The smallest absolute Gasteiger partial charge is 0.255 e. The molecule has 1 aliphatic rings. The number of nitrogens with zero attached hydrogens (tertiary/aromatic N) is 3. The third-order valence-corrected chi connectivity index (χ3v) is 5.70. The molecule has 2 N–H and O–H groups in total. The standard InChI is InChI=1S/C18H24N4O2S.ClH/c1-12-20-16(24-21-12)10-25-14-7-5-4-6-13(14)17(23)22-9-8-15(19)18(2,3)11-22;/h4-7,15H,8-11,19H2,1-3H3;1H. The van der Waals surface area contributed by atoms with Crippen molar-refractivity contribution in [3.8, 4) is 0 Å². The summed E-state index contributed by atoms with van der Waals surface area (Å²) in [6, 6.07) is 7.80. The van der Waals surface area contributed by atoms with E-state index in [1.165, 1.54) is 11.8 Å². The van der Waals surface area contributed by atoms with Crippen molar-refractivity contribution in [1.82, 2.24) is 15.0 Å². The summed E-state index contributed by atoms with van der Waals surface area (Å²) >= 11 is 1.54. The number of amides is 1. The Morgan fingerprint density at radius 3 is 2.81 bits per heavy atom. The highest BCUT2D eigenvalue weighted by Gasteiger charge is 2.36. The van der Waals surface area contributed by atoms with Gasteiger partial charge in [0, 0.05) is 24.0 Å². The second kappa shape index (κ2) is 8.41. The molecule has 2 aromatic rings. The van der Waals surface area contributed by atoms with Crippen LogP contribution in [0.2, 0.25) is 0 Å². The van der Waals surface area contributed by atoms with Crippen molar-refractivity contribution < 1.29 is 9.32 Å². The number of likely N-dealkylation sites (tertiary alicyclic amines) is 1. The fourth-order valence-corrected chi connectivity index (χ4v) is 3.91. The topological polar surface area (TPSA) is 85.2 Å². The zero-order valence-electron chi connectivity index (χ0n) is 15.3. The number of rotatable bonds is 4. The highest BCUT2D eigenvalue weighted by Crippen LogP contribution is 2.31. The SMILES string of the molecule is Cc1noc(CSc2ccccc2C(=O)N2CCC(N)C(C)(C)C2)n1.Cl. The molecular formula is C18H25ClN4O2S. The number of nitrogens with two attached hydrogens (primary N) is 1. The molecule has 0 aliphatic carbocycles. The van der Waals surface area contributed by atoms with Crippen LogP contribution in [-0.4, -0.2) is 40.1 Å². The average molecular weight is 397 g/mol. The number of carbonyl (C=O) groups excluding carboxylic acids is 1. The maximum atomic E-state index is 13.1. The van der Waals surface area contributed by atoms with E-state index in [1.807, 2.05) is 29.2 Å². The predicted octanol–water partition coefficient (Wildman–Crippen LogP) is 3.29. The molecule has 142 valence electrons. The molecule has 3 rings (SSSR count). The lowest BCUT2D eigenvalue weighted by molar-refractivity contribution is 0.0529. The van der Waals surface area contributed by atoms with Gasteiger partial charge in [0.1, 0.15) is 0 Å². The number of aryl methyl sites for hydroxylation is 1. The molecule has 0 spiro atoms. The molecule has 0 radical (unpaired) electrons. The fourth-order valence-electron chi connectivity index (χ4n) is 3.02. The van der Waals surface area contributed by atoms with Crippen LogP contribution in [-0.2, 0) is 5.75 Å². The van der Waals surface area contributed by atoms with Crippen molar-refractivity contribution in [2.24, 2.45) is 11.1 Å². The van der Waals surface area contributed by atoms with Crippen LogP contribution in [0.25, 0.3) is 0 Å². The first-order valence-corrected chi connectivity index (χ1v) is 9.41. The van der Waals surface area contributed by atoms with E-state index in [9.17, 15) is 4.79 Å². The van der Waals surface area contributed by atoms with Gasteiger partial charge in [-0.25, -0.2) is 0 Å². The molecule has 1 fully saturated rings. The monoisotopic (exact) mass is 396 g/mol. The Kier molecular flexibility index (Phi) is 6.71. The van der Waals surface area contributed by atoms with Crippen LogP contribution < -0.4 is 5.73 Å². The van der Waals surface area contributed by atoms with Gasteiger partial charge in [0.15, 0.2) is 5.82 Å².